The van der Waals surface area contributed by atoms with Gasteiger partial charge >= 0.3 is 5.97 Å². The van der Waals surface area contributed by atoms with Gasteiger partial charge in [-0.3, -0.25) is 9.59 Å². The molecule has 0 fully saturated rings. The molecule has 0 saturated heterocycles. The second kappa shape index (κ2) is 6.57. The van der Waals surface area contributed by atoms with E-state index < -0.39 is 5.97 Å². The Kier molecular flexibility index (Phi) is 5.06. The van der Waals surface area contributed by atoms with E-state index in [1.807, 2.05) is 0 Å². The van der Waals surface area contributed by atoms with Crippen LogP contribution in [0, 0.1) is 0 Å². The van der Waals surface area contributed by atoms with E-state index in [1.165, 1.54) is 17.3 Å². The molecule has 0 bridgehead atoms. The SMILES string of the molecule is CCOC(=O)CN(CC)C(=O)c1ccnnc1. The maximum absolute atomic E-state index is 12.0. The van der Waals surface area contributed by atoms with E-state index in [-0.39, 0.29) is 12.5 Å². The van der Waals surface area contributed by atoms with E-state index in [0.29, 0.717) is 18.7 Å². The fourth-order valence-corrected chi connectivity index (χ4v) is 1.29. The fourth-order valence-electron chi connectivity index (χ4n) is 1.29. The Balaban J connectivity index is 2.68. The Morgan fingerprint density at radius 1 is 1.35 bits per heavy atom. The zero-order valence-electron chi connectivity index (χ0n) is 9.92. The predicted octanol–water partition coefficient (Wildman–Crippen LogP) is 0.502. The van der Waals surface area contributed by atoms with Gasteiger partial charge in [0.15, 0.2) is 0 Å². The normalized spacial score (nSPS) is 9.76. The summed E-state index contributed by atoms with van der Waals surface area (Å²) in [7, 11) is 0. The minimum atomic E-state index is -0.412. The first-order valence-corrected chi connectivity index (χ1v) is 5.40. The Morgan fingerprint density at radius 3 is 2.65 bits per heavy atom. The van der Waals surface area contributed by atoms with Crippen molar-refractivity contribution in [2.45, 2.75) is 13.8 Å². The molecule has 0 aliphatic heterocycles. The molecule has 0 radical (unpaired) electrons. The van der Waals surface area contributed by atoms with E-state index >= 15 is 0 Å². The average Bonchev–Trinajstić information content (AvgIpc) is 2.36. The summed E-state index contributed by atoms with van der Waals surface area (Å²) in [5.41, 5.74) is 0.408. The highest BCUT2D eigenvalue weighted by molar-refractivity contribution is 5.95. The van der Waals surface area contributed by atoms with Gasteiger partial charge in [-0.1, -0.05) is 0 Å². The molecule has 92 valence electrons. The Bertz CT molecular complexity index is 381. The van der Waals surface area contributed by atoms with Gasteiger partial charge < -0.3 is 9.64 Å². The van der Waals surface area contributed by atoms with Gasteiger partial charge in [0.2, 0.25) is 0 Å². The lowest BCUT2D eigenvalue weighted by atomic mass is 10.2. The maximum atomic E-state index is 12.0. The third-order valence-corrected chi connectivity index (χ3v) is 2.13. The van der Waals surface area contributed by atoms with Gasteiger partial charge in [0, 0.05) is 6.54 Å². The molecule has 0 aliphatic carbocycles. The third kappa shape index (κ3) is 3.82. The van der Waals surface area contributed by atoms with E-state index in [2.05, 4.69) is 10.2 Å². The number of carbonyl (C=O) groups excluding carboxylic acids is 2. The Hall–Kier alpha value is -1.98. The van der Waals surface area contributed by atoms with Crippen LogP contribution in [0.3, 0.4) is 0 Å². The monoisotopic (exact) mass is 237 g/mol. The third-order valence-electron chi connectivity index (χ3n) is 2.13. The maximum Gasteiger partial charge on any atom is 0.325 e. The highest BCUT2D eigenvalue weighted by Crippen LogP contribution is 2.02. The molecule has 0 atom stereocenters. The number of hydrogen-bond donors (Lipinski definition) is 0. The van der Waals surface area contributed by atoms with Gasteiger partial charge in [0.25, 0.3) is 5.91 Å². The van der Waals surface area contributed by atoms with Crippen LogP contribution in [-0.4, -0.2) is 46.7 Å². The highest BCUT2D eigenvalue weighted by Gasteiger charge is 2.17. The lowest BCUT2D eigenvalue weighted by molar-refractivity contribution is -0.143. The second-order valence-electron chi connectivity index (χ2n) is 3.26. The lowest BCUT2D eigenvalue weighted by Gasteiger charge is -2.19. The number of amides is 1. The number of hydrogen-bond acceptors (Lipinski definition) is 5. The number of esters is 1. The first-order chi connectivity index (χ1) is 8.19. The van der Waals surface area contributed by atoms with Crippen LogP contribution in [0.1, 0.15) is 24.2 Å². The van der Waals surface area contributed by atoms with Crippen LogP contribution in [0.2, 0.25) is 0 Å². The molecule has 1 rings (SSSR count). The van der Waals surface area contributed by atoms with Crippen molar-refractivity contribution in [3.63, 3.8) is 0 Å². The quantitative estimate of drug-likeness (QED) is 0.697. The zero-order valence-corrected chi connectivity index (χ0v) is 9.92. The molecule has 0 spiro atoms. The summed E-state index contributed by atoms with van der Waals surface area (Å²) in [6.45, 7) is 4.21. The standard InChI is InChI=1S/C11H15N3O3/c1-3-14(8-10(15)17-4-2)11(16)9-5-6-12-13-7-9/h5-7H,3-4,8H2,1-2H3. The number of ether oxygens (including phenoxy) is 1. The molecule has 6 nitrogen and oxygen atoms in total. The minimum Gasteiger partial charge on any atom is -0.465 e. The van der Waals surface area contributed by atoms with Gasteiger partial charge in [-0.05, 0) is 19.9 Å². The first kappa shape index (κ1) is 13.1. The molecule has 1 heterocycles. The lowest BCUT2D eigenvalue weighted by Crippen LogP contribution is -2.36. The van der Waals surface area contributed by atoms with Crippen LogP contribution in [0.25, 0.3) is 0 Å². The molecule has 6 heteroatoms. The van der Waals surface area contributed by atoms with E-state index in [0.717, 1.165) is 0 Å². The van der Waals surface area contributed by atoms with Crippen molar-refractivity contribution in [3.05, 3.63) is 24.0 Å². The second-order valence-corrected chi connectivity index (χ2v) is 3.26. The van der Waals surface area contributed by atoms with E-state index in [9.17, 15) is 9.59 Å². The summed E-state index contributed by atoms with van der Waals surface area (Å²) in [6.07, 6.45) is 2.81. The van der Waals surface area contributed by atoms with Crippen molar-refractivity contribution in [2.75, 3.05) is 19.7 Å². The minimum absolute atomic E-state index is 0.0501. The number of carbonyl (C=O) groups is 2. The summed E-state index contributed by atoms with van der Waals surface area (Å²) in [5.74, 6) is -0.667. The van der Waals surface area contributed by atoms with Crippen LogP contribution in [0.5, 0.6) is 0 Å². The van der Waals surface area contributed by atoms with Crippen molar-refractivity contribution < 1.29 is 14.3 Å². The van der Waals surface area contributed by atoms with E-state index in [4.69, 9.17) is 4.74 Å². The van der Waals surface area contributed by atoms with Crippen molar-refractivity contribution in [3.8, 4) is 0 Å². The molecule has 1 aromatic heterocycles. The molecule has 0 saturated carbocycles. The Labute approximate surface area is 99.6 Å². The molecule has 1 amide bonds. The number of likely N-dealkylation sites (N-methyl/N-ethyl adjacent to an activating group) is 1. The van der Waals surface area contributed by atoms with Gasteiger partial charge in [0.1, 0.15) is 6.54 Å². The van der Waals surface area contributed by atoms with Crippen molar-refractivity contribution in [1.82, 2.24) is 15.1 Å². The smallest absolute Gasteiger partial charge is 0.325 e. The molecule has 1 aromatic rings. The molecule has 0 N–H and O–H groups in total. The van der Waals surface area contributed by atoms with Gasteiger partial charge in [-0.2, -0.15) is 10.2 Å². The predicted molar refractivity (Wildman–Crippen MR) is 60.2 cm³/mol. The number of nitrogens with zero attached hydrogens (tertiary/aromatic N) is 3. The molecule has 0 aliphatic rings. The summed E-state index contributed by atoms with van der Waals surface area (Å²) in [5, 5.41) is 7.22. The van der Waals surface area contributed by atoms with Gasteiger partial charge in [-0.25, -0.2) is 0 Å². The zero-order chi connectivity index (χ0) is 12.7. The van der Waals surface area contributed by atoms with Crippen molar-refractivity contribution in [1.29, 1.82) is 0 Å². The molecule has 17 heavy (non-hydrogen) atoms. The largest absolute Gasteiger partial charge is 0.465 e. The summed E-state index contributed by atoms with van der Waals surface area (Å²) < 4.78 is 4.80. The molecule has 0 unspecified atom stereocenters. The highest BCUT2D eigenvalue weighted by atomic mass is 16.5. The van der Waals surface area contributed by atoms with Gasteiger partial charge in [0.05, 0.1) is 24.6 Å². The summed E-state index contributed by atoms with van der Waals surface area (Å²) >= 11 is 0. The molecule has 0 aromatic carbocycles. The topological polar surface area (TPSA) is 72.4 Å². The van der Waals surface area contributed by atoms with Crippen molar-refractivity contribution >= 4 is 11.9 Å². The summed E-state index contributed by atoms with van der Waals surface area (Å²) in [6, 6.07) is 1.56. The van der Waals surface area contributed by atoms with E-state index in [1.54, 1.807) is 19.9 Å². The van der Waals surface area contributed by atoms with Crippen LogP contribution in [-0.2, 0) is 9.53 Å². The van der Waals surface area contributed by atoms with Crippen LogP contribution in [0.4, 0.5) is 0 Å². The molecular weight excluding hydrogens is 222 g/mol. The Morgan fingerprint density at radius 2 is 2.12 bits per heavy atom. The van der Waals surface area contributed by atoms with Crippen LogP contribution >= 0.6 is 0 Å². The van der Waals surface area contributed by atoms with Crippen LogP contribution < -0.4 is 0 Å². The first-order valence-electron chi connectivity index (χ1n) is 5.40. The van der Waals surface area contributed by atoms with Crippen molar-refractivity contribution in [2.24, 2.45) is 0 Å². The van der Waals surface area contributed by atoms with Gasteiger partial charge in [-0.15, -0.1) is 0 Å². The molecular formula is C11H15N3O3. The fraction of sp³-hybridized carbons (Fsp3) is 0.455. The van der Waals surface area contributed by atoms with Crippen LogP contribution in [0.15, 0.2) is 18.5 Å². The summed E-state index contributed by atoms with van der Waals surface area (Å²) in [4.78, 5) is 24.7. The number of aromatic nitrogens is 2. The number of rotatable bonds is 5. The average molecular weight is 237 g/mol.